The molecule has 1 aromatic carbocycles. The van der Waals surface area contributed by atoms with Crippen LogP contribution >= 0.6 is 0 Å². The molecule has 6 heteroatoms. The maximum atomic E-state index is 11.8. The molecule has 0 radical (unpaired) electrons. The first-order valence-corrected chi connectivity index (χ1v) is 5.67. The van der Waals surface area contributed by atoms with Crippen molar-refractivity contribution < 1.29 is 9.53 Å². The Bertz CT molecular complexity index is 553. The summed E-state index contributed by atoms with van der Waals surface area (Å²) < 4.78 is 5.24. The lowest BCUT2D eigenvalue weighted by molar-refractivity contribution is -0.117. The molecule has 3 rings (SSSR count). The second kappa shape index (κ2) is 3.92. The second-order valence-corrected chi connectivity index (χ2v) is 4.26. The molecule has 1 amide bonds. The number of carbonyl (C=O) groups is 1. The van der Waals surface area contributed by atoms with Gasteiger partial charge < -0.3 is 15.5 Å². The minimum atomic E-state index is -0.0552. The van der Waals surface area contributed by atoms with Gasteiger partial charge in [-0.1, -0.05) is 0 Å². The van der Waals surface area contributed by atoms with Gasteiger partial charge in [-0.2, -0.15) is 0 Å². The first-order valence-electron chi connectivity index (χ1n) is 5.67. The van der Waals surface area contributed by atoms with Crippen LogP contribution in [0.15, 0.2) is 23.9 Å². The molecule has 0 fully saturated rings. The zero-order valence-electron chi connectivity index (χ0n) is 10.2. The summed E-state index contributed by atoms with van der Waals surface area (Å²) >= 11 is 0. The van der Waals surface area contributed by atoms with Crippen molar-refractivity contribution in [2.45, 2.75) is 6.92 Å². The zero-order chi connectivity index (χ0) is 12.7. The molecule has 3 N–H and O–H groups in total. The first-order chi connectivity index (χ1) is 8.69. The van der Waals surface area contributed by atoms with Crippen molar-refractivity contribution in [3.05, 3.63) is 29.5 Å². The van der Waals surface area contributed by atoms with E-state index < -0.39 is 0 Å². The monoisotopic (exact) mass is 246 g/mol. The molecule has 0 unspecified atom stereocenters. The van der Waals surface area contributed by atoms with Crippen LogP contribution in [-0.4, -0.2) is 24.6 Å². The van der Waals surface area contributed by atoms with Crippen molar-refractivity contribution in [2.75, 3.05) is 19.0 Å². The molecule has 6 nitrogen and oxygen atoms in total. The van der Waals surface area contributed by atoms with Gasteiger partial charge in [0.25, 0.3) is 0 Å². The number of hydrogen-bond acceptors (Lipinski definition) is 5. The molecule has 0 bridgehead atoms. The van der Waals surface area contributed by atoms with Crippen LogP contribution in [0.3, 0.4) is 0 Å². The molecule has 0 saturated carbocycles. The van der Waals surface area contributed by atoms with Crippen LogP contribution in [0.2, 0.25) is 0 Å². The molecule has 0 atom stereocenters. The van der Waals surface area contributed by atoms with E-state index in [0.717, 1.165) is 28.4 Å². The van der Waals surface area contributed by atoms with E-state index in [0.29, 0.717) is 0 Å². The van der Waals surface area contributed by atoms with Crippen molar-refractivity contribution >= 4 is 17.3 Å². The molecule has 2 aliphatic rings. The van der Waals surface area contributed by atoms with Crippen molar-refractivity contribution in [1.29, 1.82) is 0 Å². The second-order valence-electron chi connectivity index (χ2n) is 4.26. The summed E-state index contributed by atoms with van der Waals surface area (Å²) in [7, 11) is 1.63. The number of fused-ring (bicyclic) bond motifs is 3. The fourth-order valence-electron chi connectivity index (χ4n) is 2.22. The minimum absolute atomic E-state index is 0.0552. The van der Waals surface area contributed by atoms with Crippen LogP contribution in [0, 0.1) is 0 Å². The SMILES string of the molecule is COc1ccc2c(c1)C1=C(C)NNN1CC(=O)N2. The van der Waals surface area contributed by atoms with Crippen molar-refractivity contribution in [2.24, 2.45) is 0 Å². The third kappa shape index (κ3) is 1.58. The summed E-state index contributed by atoms with van der Waals surface area (Å²) in [4.78, 5) is 11.8. The van der Waals surface area contributed by atoms with Gasteiger partial charge in [-0.15, -0.1) is 5.53 Å². The summed E-state index contributed by atoms with van der Waals surface area (Å²) in [5, 5.41) is 4.67. The summed E-state index contributed by atoms with van der Waals surface area (Å²) in [5.41, 5.74) is 9.66. The predicted octanol–water partition coefficient (Wildman–Crippen LogP) is 0.661. The first kappa shape index (κ1) is 10.9. The van der Waals surface area contributed by atoms with Crippen molar-refractivity contribution in [3.63, 3.8) is 0 Å². The minimum Gasteiger partial charge on any atom is -0.497 e. The molecule has 2 aliphatic heterocycles. The van der Waals surface area contributed by atoms with E-state index in [2.05, 4.69) is 16.3 Å². The van der Waals surface area contributed by atoms with E-state index in [1.807, 2.05) is 25.1 Å². The Hall–Kier alpha value is -2.21. The topological polar surface area (TPSA) is 65.6 Å². The van der Waals surface area contributed by atoms with Crippen LogP contribution < -0.4 is 21.0 Å². The predicted molar refractivity (Wildman–Crippen MR) is 67.2 cm³/mol. The van der Waals surface area contributed by atoms with Gasteiger partial charge in [0, 0.05) is 5.56 Å². The van der Waals surface area contributed by atoms with E-state index in [1.54, 1.807) is 12.1 Å². The van der Waals surface area contributed by atoms with Gasteiger partial charge in [-0.25, -0.2) is 0 Å². The third-order valence-electron chi connectivity index (χ3n) is 3.06. The summed E-state index contributed by atoms with van der Waals surface area (Å²) in [5.74, 6) is 0.706. The largest absolute Gasteiger partial charge is 0.497 e. The number of nitrogens with one attached hydrogen (secondary N) is 3. The summed E-state index contributed by atoms with van der Waals surface area (Å²) in [6.07, 6.45) is 0. The number of carbonyl (C=O) groups excluding carboxylic acids is 1. The highest BCUT2D eigenvalue weighted by atomic mass is 16.5. The molecular weight excluding hydrogens is 232 g/mol. The Kier molecular flexibility index (Phi) is 2.38. The third-order valence-corrected chi connectivity index (χ3v) is 3.06. The van der Waals surface area contributed by atoms with Gasteiger partial charge in [-0.05, 0) is 25.1 Å². The van der Waals surface area contributed by atoms with Crippen LogP contribution in [0.1, 0.15) is 12.5 Å². The Morgan fingerprint density at radius 2 is 2.22 bits per heavy atom. The average Bonchev–Trinajstić information content (AvgIpc) is 2.64. The van der Waals surface area contributed by atoms with Gasteiger partial charge >= 0.3 is 0 Å². The van der Waals surface area contributed by atoms with E-state index in [9.17, 15) is 4.79 Å². The number of benzene rings is 1. The summed E-state index contributed by atoms with van der Waals surface area (Å²) in [6.45, 7) is 2.22. The highest BCUT2D eigenvalue weighted by Crippen LogP contribution is 2.34. The zero-order valence-corrected chi connectivity index (χ0v) is 10.2. The van der Waals surface area contributed by atoms with Gasteiger partial charge in [0.2, 0.25) is 5.91 Å². The number of nitrogens with zero attached hydrogens (tertiary/aromatic N) is 1. The van der Waals surface area contributed by atoms with E-state index in [-0.39, 0.29) is 12.5 Å². The number of rotatable bonds is 1. The Morgan fingerprint density at radius 1 is 1.39 bits per heavy atom. The lowest BCUT2D eigenvalue weighted by Crippen LogP contribution is -2.40. The molecule has 0 saturated heterocycles. The van der Waals surface area contributed by atoms with Gasteiger partial charge in [-0.3, -0.25) is 9.80 Å². The number of ether oxygens (including phenoxy) is 1. The highest BCUT2D eigenvalue weighted by molar-refractivity contribution is 5.99. The molecule has 0 aliphatic carbocycles. The molecule has 18 heavy (non-hydrogen) atoms. The molecule has 1 aromatic rings. The normalized spacial score (nSPS) is 17.7. The van der Waals surface area contributed by atoms with Crippen LogP contribution in [0.5, 0.6) is 5.75 Å². The molecule has 0 aromatic heterocycles. The van der Waals surface area contributed by atoms with Crippen LogP contribution in [-0.2, 0) is 4.79 Å². The fraction of sp³-hybridized carbons (Fsp3) is 0.250. The van der Waals surface area contributed by atoms with E-state index >= 15 is 0 Å². The Balaban J connectivity index is 2.19. The average molecular weight is 246 g/mol. The Morgan fingerprint density at radius 3 is 3.00 bits per heavy atom. The molecule has 2 heterocycles. The fourth-order valence-corrected chi connectivity index (χ4v) is 2.22. The number of hydrazine groups is 2. The Labute approximate surface area is 105 Å². The molecular formula is C12H14N4O2. The molecule has 94 valence electrons. The van der Waals surface area contributed by atoms with Crippen LogP contribution in [0.4, 0.5) is 5.69 Å². The number of hydrogen-bond donors (Lipinski definition) is 3. The van der Waals surface area contributed by atoms with Crippen LogP contribution in [0.25, 0.3) is 5.70 Å². The van der Waals surface area contributed by atoms with Gasteiger partial charge in [0.05, 0.1) is 24.2 Å². The van der Waals surface area contributed by atoms with E-state index in [4.69, 9.17) is 4.74 Å². The lowest BCUT2D eigenvalue weighted by atomic mass is 10.1. The van der Waals surface area contributed by atoms with Gasteiger partial charge in [0.15, 0.2) is 0 Å². The van der Waals surface area contributed by atoms with E-state index in [1.165, 1.54) is 0 Å². The number of allylic oxidation sites excluding steroid dienone is 1. The molecule has 0 spiro atoms. The van der Waals surface area contributed by atoms with Crippen molar-refractivity contribution in [1.82, 2.24) is 16.0 Å². The maximum absolute atomic E-state index is 11.8. The number of anilines is 1. The lowest BCUT2D eigenvalue weighted by Gasteiger charge is -2.17. The van der Waals surface area contributed by atoms with Crippen molar-refractivity contribution in [3.8, 4) is 5.75 Å². The summed E-state index contributed by atoms with van der Waals surface area (Å²) in [6, 6.07) is 5.61. The number of amides is 1. The van der Waals surface area contributed by atoms with Gasteiger partial charge in [0.1, 0.15) is 12.3 Å². The smallest absolute Gasteiger partial charge is 0.245 e. The standard InChI is InChI=1S/C12H14N4O2/c1-7-12-9-5-8(18-2)3-4-10(9)13-11(17)6-16(12)15-14-7/h3-5,14-15H,6H2,1-2H3,(H,13,17). The number of methoxy groups -OCH3 is 1. The maximum Gasteiger partial charge on any atom is 0.245 e. The quantitative estimate of drug-likeness (QED) is 0.679. The highest BCUT2D eigenvalue weighted by Gasteiger charge is 2.28.